The summed E-state index contributed by atoms with van der Waals surface area (Å²) < 4.78 is 20.7. The number of nitrogens with zero attached hydrogens (tertiary/aromatic N) is 3. The molecule has 2 aromatic carbocycles. The van der Waals surface area contributed by atoms with Gasteiger partial charge in [0, 0.05) is 5.69 Å². The van der Waals surface area contributed by atoms with Crippen LogP contribution in [0.3, 0.4) is 0 Å². The summed E-state index contributed by atoms with van der Waals surface area (Å²) >= 11 is 0. The lowest BCUT2D eigenvalue weighted by atomic mass is 10.0. The zero-order chi connectivity index (χ0) is 19.7. The van der Waals surface area contributed by atoms with Crippen LogP contribution in [-0.2, 0) is 17.9 Å². The van der Waals surface area contributed by atoms with Crippen LogP contribution >= 0.6 is 0 Å². The molecule has 0 saturated heterocycles. The first-order chi connectivity index (χ1) is 13.5. The lowest BCUT2D eigenvalue weighted by Gasteiger charge is -2.24. The summed E-state index contributed by atoms with van der Waals surface area (Å²) in [5, 5.41) is 11.1. The van der Waals surface area contributed by atoms with E-state index in [1.165, 1.54) is 12.1 Å². The van der Waals surface area contributed by atoms with E-state index in [1.54, 1.807) is 16.8 Å². The van der Waals surface area contributed by atoms with E-state index in [-0.39, 0.29) is 30.1 Å². The summed E-state index contributed by atoms with van der Waals surface area (Å²) in [7, 11) is 0. The quantitative estimate of drug-likeness (QED) is 0.741. The molecule has 1 aliphatic heterocycles. The third-order valence-corrected chi connectivity index (χ3v) is 4.87. The van der Waals surface area contributed by atoms with Crippen LogP contribution in [0.5, 0.6) is 0 Å². The molecule has 1 amide bonds. The first-order valence-corrected chi connectivity index (χ1v) is 9.22. The van der Waals surface area contributed by atoms with Crippen molar-refractivity contribution in [1.82, 2.24) is 15.0 Å². The molecule has 7 heteroatoms. The predicted octanol–water partition coefficient (Wildman–Crippen LogP) is 4.06. The van der Waals surface area contributed by atoms with E-state index in [0.29, 0.717) is 18.2 Å². The molecule has 0 unspecified atom stereocenters. The number of aromatic nitrogens is 3. The molecule has 1 aliphatic rings. The minimum absolute atomic E-state index is 0.212. The molecule has 0 radical (unpaired) electrons. The topological polar surface area (TPSA) is 69.0 Å². The molecule has 0 saturated carbocycles. The highest BCUT2D eigenvalue weighted by atomic mass is 19.1. The van der Waals surface area contributed by atoms with Crippen LogP contribution in [0.1, 0.15) is 53.2 Å². The Labute approximate surface area is 162 Å². The van der Waals surface area contributed by atoms with Gasteiger partial charge in [-0.1, -0.05) is 43.3 Å². The number of amides is 1. The molecule has 1 N–H and O–H groups in total. The average molecular weight is 380 g/mol. The number of anilines is 1. The van der Waals surface area contributed by atoms with Gasteiger partial charge in [-0.15, -0.1) is 5.10 Å². The maximum atomic E-state index is 13.1. The average Bonchev–Trinajstić information content (AvgIpc) is 3.12. The summed E-state index contributed by atoms with van der Waals surface area (Å²) in [4.78, 5) is 12.7. The zero-order valence-corrected chi connectivity index (χ0v) is 15.7. The van der Waals surface area contributed by atoms with Crippen molar-refractivity contribution in [2.45, 2.75) is 39.0 Å². The minimum atomic E-state index is -0.314. The standard InChI is InChI=1S/C21H21FN4O2/c1-13(2)15-4-3-5-17(10-15)23-21(27)20-18-12-28-19(11-26(18)25-24-20)14-6-8-16(22)9-7-14/h3-10,13,19H,11-12H2,1-2H3,(H,23,27)/t19-/m0/s1. The number of carbonyl (C=O) groups excluding carboxylic acids is 1. The fourth-order valence-corrected chi connectivity index (χ4v) is 3.23. The van der Waals surface area contributed by atoms with Crippen molar-refractivity contribution in [3.8, 4) is 0 Å². The van der Waals surface area contributed by atoms with E-state index in [1.807, 2.05) is 24.3 Å². The van der Waals surface area contributed by atoms with Crippen molar-refractivity contribution in [3.05, 3.63) is 76.9 Å². The van der Waals surface area contributed by atoms with Gasteiger partial charge in [0.05, 0.1) is 18.8 Å². The van der Waals surface area contributed by atoms with Crippen LogP contribution in [-0.4, -0.2) is 20.9 Å². The molecule has 144 valence electrons. The number of hydrogen-bond donors (Lipinski definition) is 1. The highest BCUT2D eigenvalue weighted by molar-refractivity contribution is 6.03. The highest BCUT2D eigenvalue weighted by Crippen LogP contribution is 2.27. The second-order valence-electron chi connectivity index (χ2n) is 7.15. The van der Waals surface area contributed by atoms with Crippen molar-refractivity contribution in [1.29, 1.82) is 0 Å². The number of fused-ring (bicyclic) bond motifs is 1. The molecule has 28 heavy (non-hydrogen) atoms. The molecule has 1 atom stereocenters. The van der Waals surface area contributed by atoms with E-state index < -0.39 is 0 Å². The van der Waals surface area contributed by atoms with Gasteiger partial charge in [0.2, 0.25) is 0 Å². The summed E-state index contributed by atoms with van der Waals surface area (Å²) in [5.41, 5.74) is 3.62. The SMILES string of the molecule is CC(C)c1cccc(NC(=O)c2nnn3c2CO[C@H](c2ccc(F)cc2)C3)c1. The molecular formula is C21H21FN4O2. The van der Waals surface area contributed by atoms with Crippen molar-refractivity contribution in [2.24, 2.45) is 0 Å². The third-order valence-electron chi connectivity index (χ3n) is 4.87. The van der Waals surface area contributed by atoms with Gasteiger partial charge < -0.3 is 10.1 Å². The maximum Gasteiger partial charge on any atom is 0.278 e. The second-order valence-corrected chi connectivity index (χ2v) is 7.15. The number of carbonyl (C=O) groups is 1. The number of benzene rings is 2. The number of nitrogens with one attached hydrogen (secondary N) is 1. The van der Waals surface area contributed by atoms with Gasteiger partial charge in [-0.3, -0.25) is 4.79 Å². The Morgan fingerprint density at radius 2 is 2.04 bits per heavy atom. The third kappa shape index (κ3) is 3.66. The van der Waals surface area contributed by atoms with Crippen LogP contribution in [0.25, 0.3) is 0 Å². The van der Waals surface area contributed by atoms with Crippen molar-refractivity contribution >= 4 is 11.6 Å². The number of rotatable bonds is 4. The summed E-state index contributed by atoms with van der Waals surface area (Å²) in [6, 6.07) is 13.9. The van der Waals surface area contributed by atoms with E-state index in [4.69, 9.17) is 4.74 Å². The van der Waals surface area contributed by atoms with Crippen molar-refractivity contribution in [2.75, 3.05) is 5.32 Å². The van der Waals surface area contributed by atoms with Gasteiger partial charge in [0.15, 0.2) is 5.69 Å². The second kappa shape index (κ2) is 7.52. The summed E-state index contributed by atoms with van der Waals surface area (Å²) in [6.45, 7) is 4.84. The number of hydrogen-bond acceptors (Lipinski definition) is 4. The zero-order valence-electron chi connectivity index (χ0n) is 15.7. The van der Waals surface area contributed by atoms with Gasteiger partial charge in [-0.25, -0.2) is 9.07 Å². The normalized spacial score (nSPS) is 16.1. The largest absolute Gasteiger partial charge is 0.365 e. The molecule has 2 heterocycles. The molecular weight excluding hydrogens is 359 g/mol. The Balaban J connectivity index is 1.50. The van der Waals surface area contributed by atoms with Gasteiger partial charge in [-0.05, 0) is 41.3 Å². The Bertz CT molecular complexity index is 998. The first kappa shape index (κ1) is 18.3. The Morgan fingerprint density at radius 1 is 1.25 bits per heavy atom. The maximum absolute atomic E-state index is 13.1. The lowest BCUT2D eigenvalue weighted by Crippen LogP contribution is -2.24. The molecule has 4 rings (SSSR count). The fourth-order valence-electron chi connectivity index (χ4n) is 3.23. The predicted molar refractivity (Wildman–Crippen MR) is 102 cm³/mol. The lowest BCUT2D eigenvalue weighted by molar-refractivity contribution is -0.00174. The van der Waals surface area contributed by atoms with Crippen molar-refractivity contribution in [3.63, 3.8) is 0 Å². The Morgan fingerprint density at radius 3 is 2.79 bits per heavy atom. The summed E-state index contributed by atoms with van der Waals surface area (Å²) in [5.74, 6) is -0.233. The van der Waals surface area contributed by atoms with Crippen LogP contribution in [0.15, 0.2) is 48.5 Å². The van der Waals surface area contributed by atoms with Crippen LogP contribution in [0.2, 0.25) is 0 Å². The van der Waals surface area contributed by atoms with Crippen LogP contribution in [0, 0.1) is 5.82 Å². The van der Waals surface area contributed by atoms with Gasteiger partial charge >= 0.3 is 0 Å². The number of halogens is 1. The smallest absolute Gasteiger partial charge is 0.278 e. The molecule has 0 fully saturated rings. The van der Waals surface area contributed by atoms with Crippen LogP contribution < -0.4 is 5.32 Å². The van der Waals surface area contributed by atoms with Crippen LogP contribution in [0.4, 0.5) is 10.1 Å². The number of ether oxygens (including phenoxy) is 1. The van der Waals surface area contributed by atoms with Gasteiger partial charge in [0.25, 0.3) is 5.91 Å². The molecule has 0 spiro atoms. The first-order valence-electron chi connectivity index (χ1n) is 9.22. The minimum Gasteiger partial charge on any atom is -0.365 e. The van der Waals surface area contributed by atoms with E-state index in [0.717, 1.165) is 16.8 Å². The molecule has 0 bridgehead atoms. The van der Waals surface area contributed by atoms with E-state index in [9.17, 15) is 9.18 Å². The van der Waals surface area contributed by atoms with Crippen molar-refractivity contribution < 1.29 is 13.9 Å². The fraction of sp³-hybridized carbons (Fsp3) is 0.286. The monoisotopic (exact) mass is 380 g/mol. The Hall–Kier alpha value is -3.06. The molecule has 6 nitrogen and oxygen atoms in total. The molecule has 0 aliphatic carbocycles. The van der Waals surface area contributed by atoms with Gasteiger partial charge in [0.1, 0.15) is 11.9 Å². The Kier molecular flexibility index (Phi) is 4.92. The molecule has 1 aromatic heterocycles. The van der Waals surface area contributed by atoms with E-state index in [2.05, 4.69) is 29.5 Å². The van der Waals surface area contributed by atoms with Gasteiger partial charge in [-0.2, -0.15) is 0 Å². The summed E-state index contributed by atoms with van der Waals surface area (Å²) in [6.07, 6.45) is -0.256. The molecule has 3 aromatic rings. The van der Waals surface area contributed by atoms with E-state index >= 15 is 0 Å². The highest BCUT2D eigenvalue weighted by Gasteiger charge is 2.27.